The van der Waals surface area contributed by atoms with Crippen LogP contribution in [0.25, 0.3) is 10.9 Å². The van der Waals surface area contributed by atoms with Crippen molar-refractivity contribution in [2.75, 3.05) is 32.8 Å². The molecule has 0 atom stereocenters. The Morgan fingerprint density at radius 3 is 2.42 bits per heavy atom. The number of aromatic amines is 1. The summed E-state index contributed by atoms with van der Waals surface area (Å²) in [4.78, 5) is 43.6. The fourth-order valence-corrected chi connectivity index (χ4v) is 3.91. The Labute approximate surface area is 179 Å². The van der Waals surface area contributed by atoms with Crippen LogP contribution in [0, 0.1) is 0 Å². The molecule has 1 N–H and O–H groups in total. The van der Waals surface area contributed by atoms with E-state index >= 15 is 0 Å². The number of ether oxygens (including phenoxy) is 1. The molecular weight excluding hydrogens is 396 g/mol. The minimum absolute atomic E-state index is 0.0883. The first-order chi connectivity index (χ1) is 15.0. The molecule has 0 saturated carbocycles. The van der Waals surface area contributed by atoms with Crippen LogP contribution in [-0.4, -0.2) is 58.0 Å². The average molecular weight is 422 g/mol. The first-order valence-corrected chi connectivity index (χ1v) is 10.5. The van der Waals surface area contributed by atoms with Gasteiger partial charge in [0.1, 0.15) is 12.3 Å². The highest BCUT2D eigenvalue weighted by Gasteiger charge is 2.22. The van der Waals surface area contributed by atoms with E-state index in [0.717, 1.165) is 25.4 Å². The van der Waals surface area contributed by atoms with Gasteiger partial charge < -0.3 is 9.64 Å². The summed E-state index contributed by atoms with van der Waals surface area (Å²) in [7, 11) is 0. The minimum atomic E-state index is -0.564. The monoisotopic (exact) mass is 422 g/mol. The van der Waals surface area contributed by atoms with Crippen LogP contribution in [0.15, 0.2) is 58.1 Å². The number of H-pyrrole nitrogens is 1. The number of para-hydroxylation sites is 1. The van der Waals surface area contributed by atoms with Gasteiger partial charge in [-0.05, 0) is 36.8 Å². The van der Waals surface area contributed by atoms with E-state index in [2.05, 4.69) is 22.0 Å². The average Bonchev–Trinajstić information content (AvgIpc) is 2.78. The molecule has 1 fully saturated rings. The number of nitrogens with zero attached hydrogens (tertiary/aromatic N) is 3. The largest absolute Gasteiger partial charge is 0.494 e. The lowest BCUT2D eigenvalue weighted by atomic mass is 10.2. The summed E-state index contributed by atoms with van der Waals surface area (Å²) in [5, 5.41) is 0.398. The molecule has 1 aliphatic heterocycles. The van der Waals surface area contributed by atoms with Crippen molar-refractivity contribution >= 4 is 16.8 Å². The number of hydrogen-bond acceptors (Lipinski definition) is 5. The molecule has 0 unspecified atom stereocenters. The van der Waals surface area contributed by atoms with Crippen molar-refractivity contribution in [1.82, 2.24) is 19.4 Å². The van der Waals surface area contributed by atoms with Crippen molar-refractivity contribution in [1.29, 1.82) is 0 Å². The lowest BCUT2D eigenvalue weighted by molar-refractivity contribution is -0.133. The van der Waals surface area contributed by atoms with Crippen molar-refractivity contribution in [2.45, 2.75) is 20.0 Å². The normalized spacial score (nSPS) is 14.7. The lowest BCUT2D eigenvalue weighted by Crippen LogP contribution is -2.49. The van der Waals surface area contributed by atoms with Crippen molar-refractivity contribution in [3.05, 3.63) is 74.9 Å². The fourth-order valence-electron chi connectivity index (χ4n) is 3.91. The number of rotatable bonds is 6. The minimum Gasteiger partial charge on any atom is -0.494 e. The van der Waals surface area contributed by atoms with Crippen LogP contribution in [0.5, 0.6) is 5.75 Å². The van der Waals surface area contributed by atoms with Gasteiger partial charge in [-0.1, -0.05) is 24.3 Å². The number of amides is 1. The van der Waals surface area contributed by atoms with Crippen LogP contribution in [-0.2, 0) is 17.9 Å². The number of fused-ring (bicyclic) bond motifs is 1. The molecule has 0 bridgehead atoms. The molecule has 31 heavy (non-hydrogen) atoms. The molecule has 1 aromatic heterocycles. The van der Waals surface area contributed by atoms with Crippen LogP contribution in [0.2, 0.25) is 0 Å². The summed E-state index contributed by atoms with van der Waals surface area (Å²) in [6.45, 7) is 6.08. The van der Waals surface area contributed by atoms with Crippen LogP contribution < -0.4 is 16.0 Å². The predicted molar refractivity (Wildman–Crippen MR) is 118 cm³/mol. The first-order valence-electron chi connectivity index (χ1n) is 10.5. The molecule has 0 spiro atoms. The van der Waals surface area contributed by atoms with Crippen molar-refractivity contribution < 1.29 is 9.53 Å². The number of benzene rings is 2. The summed E-state index contributed by atoms with van der Waals surface area (Å²) in [5.41, 5.74) is 0.673. The van der Waals surface area contributed by atoms with Gasteiger partial charge in [-0.2, -0.15) is 0 Å². The Morgan fingerprint density at radius 2 is 1.71 bits per heavy atom. The van der Waals surface area contributed by atoms with Gasteiger partial charge in [0, 0.05) is 32.7 Å². The van der Waals surface area contributed by atoms with E-state index in [1.165, 1.54) is 10.1 Å². The Balaban J connectivity index is 1.37. The summed E-state index contributed by atoms with van der Waals surface area (Å²) in [5.74, 6) is 0.742. The number of piperazine rings is 1. The second kappa shape index (κ2) is 9.18. The molecule has 1 aliphatic rings. The highest BCUT2D eigenvalue weighted by atomic mass is 16.5. The van der Waals surface area contributed by atoms with Gasteiger partial charge in [0.05, 0.1) is 17.5 Å². The maximum atomic E-state index is 12.9. The highest BCUT2D eigenvalue weighted by molar-refractivity contribution is 5.81. The van der Waals surface area contributed by atoms with E-state index in [9.17, 15) is 14.4 Å². The van der Waals surface area contributed by atoms with Gasteiger partial charge in [0.15, 0.2) is 0 Å². The summed E-state index contributed by atoms with van der Waals surface area (Å²) in [6.07, 6.45) is 0. The first kappa shape index (κ1) is 20.9. The van der Waals surface area contributed by atoms with E-state index in [1.54, 1.807) is 29.2 Å². The molecular formula is C23H26N4O4. The van der Waals surface area contributed by atoms with Gasteiger partial charge in [-0.3, -0.25) is 24.0 Å². The molecule has 3 aromatic rings. The number of hydrogen-bond donors (Lipinski definition) is 1. The van der Waals surface area contributed by atoms with Gasteiger partial charge in [-0.15, -0.1) is 0 Å². The molecule has 162 valence electrons. The Hall–Kier alpha value is -3.39. The molecule has 8 heteroatoms. The van der Waals surface area contributed by atoms with Gasteiger partial charge in [0.2, 0.25) is 5.91 Å². The molecule has 1 amide bonds. The lowest BCUT2D eigenvalue weighted by Gasteiger charge is -2.35. The van der Waals surface area contributed by atoms with Gasteiger partial charge in [-0.25, -0.2) is 4.79 Å². The van der Waals surface area contributed by atoms with Crippen LogP contribution in [0.1, 0.15) is 12.5 Å². The molecule has 4 rings (SSSR count). The van der Waals surface area contributed by atoms with E-state index < -0.39 is 11.2 Å². The zero-order valence-corrected chi connectivity index (χ0v) is 17.5. The second-order valence-electron chi connectivity index (χ2n) is 7.60. The van der Waals surface area contributed by atoms with Crippen LogP contribution in [0.4, 0.5) is 0 Å². The van der Waals surface area contributed by atoms with Crippen LogP contribution >= 0.6 is 0 Å². The molecule has 0 aliphatic carbocycles. The third kappa shape index (κ3) is 4.69. The Morgan fingerprint density at radius 1 is 1.00 bits per heavy atom. The molecule has 0 radical (unpaired) electrons. The third-order valence-corrected chi connectivity index (χ3v) is 5.56. The van der Waals surface area contributed by atoms with E-state index in [1.807, 2.05) is 19.1 Å². The standard InChI is InChI=1S/C23H26N4O4/c1-2-31-18-9-7-17(8-10-18)15-25-11-13-26(14-12-25)21(28)16-27-20-6-4-3-5-19(20)22(29)24-23(27)30/h3-10H,2,11-16H2,1H3,(H,24,29,30). The second-order valence-corrected chi connectivity index (χ2v) is 7.60. The molecule has 2 aromatic carbocycles. The summed E-state index contributed by atoms with van der Waals surface area (Å²) >= 11 is 0. The number of aromatic nitrogens is 2. The third-order valence-electron chi connectivity index (χ3n) is 5.56. The maximum absolute atomic E-state index is 12.9. The summed E-state index contributed by atoms with van der Waals surface area (Å²) in [6, 6.07) is 14.9. The van der Waals surface area contributed by atoms with E-state index in [0.29, 0.717) is 30.6 Å². The zero-order valence-electron chi connectivity index (χ0n) is 17.5. The number of carbonyl (C=O) groups excluding carboxylic acids is 1. The SMILES string of the molecule is CCOc1ccc(CN2CCN(C(=O)Cn3c(=O)[nH]c(=O)c4ccccc43)CC2)cc1. The quantitative estimate of drug-likeness (QED) is 0.649. The Kier molecular flexibility index (Phi) is 6.18. The van der Waals surface area contributed by atoms with Crippen molar-refractivity contribution in [3.8, 4) is 5.75 Å². The number of nitrogens with one attached hydrogen (secondary N) is 1. The molecule has 2 heterocycles. The molecule has 8 nitrogen and oxygen atoms in total. The van der Waals surface area contributed by atoms with Crippen molar-refractivity contribution in [2.24, 2.45) is 0 Å². The Bertz CT molecular complexity index is 1170. The smallest absolute Gasteiger partial charge is 0.329 e. The number of carbonyl (C=O) groups is 1. The van der Waals surface area contributed by atoms with Gasteiger partial charge >= 0.3 is 5.69 Å². The fraction of sp³-hybridized carbons (Fsp3) is 0.348. The molecule has 1 saturated heterocycles. The maximum Gasteiger partial charge on any atom is 0.329 e. The van der Waals surface area contributed by atoms with Crippen LogP contribution in [0.3, 0.4) is 0 Å². The van der Waals surface area contributed by atoms with Crippen molar-refractivity contribution in [3.63, 3.8) is 0 Å². The van der Waals surface area contributed by atoms with E-state index in [-0.39, 0.29) is 12.5 Å². The summed E-state index contributed by atoms with van der Waals surface area (Å²) < 4.78 is 6.82. The topological polar surface area (TPSA) is 87.6 Å². The zero-order chi connectivity index (χ0) is 21.8. The predicted octanol–water partition coefficient (Wildman–Crippen LogP) is 1.43. The van der Waals surface area contributed by atoms with Gasteiger partial charge in [0.25, 0.3) is 5.56 Å². The highest BCUT2D eigenvalue weighted by Crippen LogP contribution is 2.15. The van der Waals surface area contributed by atoms with E-state index in [4.69, 9.17) is 4.74 Å².